The quantitative estimate of drug-likeness (QED) is 0.505. The number of esters is 1. The molecule has 3 aromatic carbocycles. The van der Waals surface area contributed by atoms with Gasteiger partial charge in [0.15, 0.2) is 0 Å². The number of sulfonamides is 1. The van der Waals surface area contributed by atoms with Crippen molar-refractivity contribution < 1.29 is 22.7 Å². The highest BCUT2D eigenvalue weighted by Gasteiger charge is 2.35. The molecule has 8 heteroatoms. The molecule has 0 bridgehead atoms. The van der Waals surface area contributed by atoms with Crippen LogP contribution in [0.3, 0.4) is 0 Å². The number of anilines is 2. The monoisotopic (exact) mass is 478 g/mol. The Labute approximate surface area is 199 Å². The minimum absolute atomic E-state index is 0.112. The first-order valence-electron chi connectivity index (χ1n) is 11.0. The van der Waals surface area contributed by atoms with Crippen LogP contribution >= 0.6 is 0 Å². The number of carbonyl (C=O) groups excluding carboxylic acids is 2. The summed E-state index contributed by atoms with van der Waals surface area (Å²) in [5, 5.41) is 0. The van der Waals surface area contributed by atoms with E-state index in [-0.39, 0.29) is 40.4 Å². The molecule has 0 saturated heterocycles. The zero-order chi connectivity index (χ0) is 24.3. The fourth-order valence-electron chi connectivity index (χ4n) is 4.11. The van der Waals surface area contributed by atoms with Gasteiger partial charge in [-0.25, -0.2) is 8.42 Å². The number of ether oxygens (including phenoxy) is 1. The van der Waals surface area contributed by atoms with E-state index >= 15 is 0 Å². The molecule has 1 N–H and O–H groups in total. The highest BCUT2D eigenvalue weighted by molar-refractivity contribution is 7.92. The SMILES string of the molecule is CCOC(=O)CC1CN(C(=O)c2ccccc2NS(=O)(=O)c2ccc(C)cc2)c2ccccc21. The number of para-hydroxylation sites is 2. The van der Waals surface area contributed by atoms with Crippen LogP contribution in [-0.4, -0.2) is 33.4 Å². The van der Waals surface area contributed by atoms with Crippen molar-refractivity contribution in [2.75, 3.05) is 22.8 Å². The third-order valence-electron chi connectivity index (χ3n) is 5.77. The van der Waals surface area contributed by atoms with Gasteiger partial charge < -0.3 is 9.64 Å². The van der Waals surface area contributed by atoms with Crippen molar-refractivity contribution in [1.29, 1.82) is 0 Å². The Morgan fingerprint density at radius 2 is 1.68 bits per heavy atom. The van der Waals surface area contributed by atoms with Gasteiger partial charge in [-0.1, -0.05) is 48.0 Å². The van der Waals surface area contributed by atoms with Crippen LogP contribution < -0.4 is 9.62 Å². The van der Waals surface area contributed by atoms with Crippen LogP contribution in [0.4, 0.5) is 11.4 Å². The van der Waals surface area contributed by atoms with Crippen LogP contribution in [0.25, 0.3) is 0 Å². The zero-order valence-corrected chi connectivity index (χ0v) is 19.8. The average Bonchev–Trinajstić information content (AvgIpc) is 3.17. The highest BCUT2D eigenvalue weighted by Crippen LogP contribution is 2.39. The number of fused-ring (bicyclic) bond motifs is 1. The number of aryl methyl sites for hydroxylation is 1. The maximum Gasteiger partial charge on any atom is 0.306 e. The lowest BCUT2D eigenvalue weighted by atomic mass is 9.98. The summed E-state index contributed by atoms with van der Waals surface area (Å²) >= 11 is 0. The number of benzene rings is 3. The molecule has 1 unspecified atom stereocenters. The molecule has 176 valence electrons. The number of nitrogens with zero attached hydrogens (tertiary/aromatic N) is 1. The average molecular weight is 479 g/mol. The van der Waals surface area contributed by atoms with E-state index in [2.05, 4.69) is 4.72 Å². The largest absolute Gasteiger partial charge is 0.466 e. The van der Waals surface area contributed by atoms with Crippen molar-refractivity contribution in [3.63, 3.8) is 0 Å². The van der Waals surface area contributed by atoms with Gasteiger partial charge in [0, 0.05) is 18.2 Å². The first-order chi connectivity index (χ1) is 16.3. The van der Waals surface area contributed by atoms with E-state index in [0.29, 0.717) is 18.8 Å². The van der Waals surface area contributed by atoms with Gasteiger partial charge >= 0.3 is 5.97 Å². The number of carbonyl (C=O) groups is 2. The standard InChI is InChI=1S/C26H26N2O5S/c1-3-33-25(29)16-19-17-28(24-11-7-5-8-21(19)24)26(30)22-9-4-6-10-23(22)27-34(31,32)20-14-12-18(2)13-15-20/h4-15,19,27H,3,16-17H2,1-2H3. The molecule has 1 aliphatic heterocycles. The predicted octanol–water partition coefficient (Wildman–Crippen LogP) is 4.49. The summed E-state index contributed by atoms with van der Waals surface area (Å²) in [7, 11) is -3.89. The third kappa shape index (κ3) is 4.82. The minimum atomic E-state index is -3.89. The Morgan fingerprint density at radius 3 is 2.41 bits per heavy atom. The first kappa shape index (κ1) is 23.5. The Balaban J connectivity index is 1.63. The molecule has 1 atom stereocenters. The molecular weight excluding hydrogens is 452 g/mol. The van der Waals surface area contributed by atoms with E-state index < -0.39 is 10.0 Å². The van der Waals surface area contributed by atoms with Crippen molar-refractivity contribution in [3.05, 3.63) is 89.5 Å². The molecule has 0 saturated carbocycles. The highest BCUT2D eigenvalue weighted by atomic mass is 32.2. The van der Waals surface area contributed by atoms with Crippen LogP contribution in [0.5, 0.6) is 0 Å². The van der Waals surface area contributed by atoms with Gasteiger partial charge in [-0.15, -0.1) is 0 Å². The molecule has 0 aromatic heterocycles. The summed E-state index contributed by atoms with van der Waals surface area (Å²) in [5.41, 5.74) is 2.96. The molecule has 0 aliphatic carbocycles. The number of rotatable bonds is 7. The Morgan fingerprint density at radius 1 is 1.00 bits per heavy atom. The van der Waals surface area contributed by atoms with Gasteiger partial charge in [0.25, 0.3) is 15.9 Å². The molecule has 1 aliphatic rings. The maximum atomic E-state index is 13.6. The molecule has 1 heterocycles. The summed E-state index contributed by atoms with van der Waals surface area (Å²) in [5.74, 6) is -0.862. The Kier molecular flexibility index (Phi) is 6.70. The van der Waals surface area contributed by atoms with Gasteiger partial charge in [-0.05, 0) is 49.7 Å². The molecule has 0 fully saturated rings. The van der Waals surface area contributed by atoms with Crippen LogP contribution in [0.1, 0.15) is 40.7 Å². The summed E-state index contributed by atoms with van der Waals surface area (Å²) in [6, 6.07) is 20.4. The van der Waals surface area contributed by atoms with Gasteiger partial charge in [-0.2, -0.15) is 0 Å². The summed E-state index contributed by atoms with van der Waals surface area (Å²) in [6.45, 7) is 4.23. The van der Waals surface area contributed by atoms with Gasteiger partial charge in [0.2, 0.25) is 0 Å². The molecular formula is C26H26N2O5S. The Hall–Kier alpha value is -3.65. The number of nitrogens with one attached hydrogen (secondary N) is 1. The van der Waals surface area contributed by atoms with Crippen molar-refractivity contribution in [3.8, 4) is 0 Å². The topological polar surface area (TPSA) is 92.8 Å². The van der Waals surface area contributed by atoms with Crippen LogP contribution in [0.2, 0.25) is 0 Å². The normalized spacial score (nSPS) is 15.0. The first-order valence-corrected chi connectivity index (χ1v) is 12.5. The number of hydrogen-bond donors (Lipinski definition) is 1. The van der Waals surface area contributed by atoms with E-state index in [1.54, 1.807) is 48.2 Å². The third-order valence-corrected chi connectivity index (χ3v) is 7.15. The fourth-order valence-corrected chi connectivity index (χ4v) is 5.19. The lowest BCUT2D eigenvalue weighted by molar-refractivity contribution is -0.143. The molecule has 7 nitrogen and oxygen atoms in total. The summed E-state index contributed by atoms with van der Waals surface area (Å²) < 4.78 is 33.6. The lowest BCUT2D eigenvalue weighted by Gasteiger charge is -2.20. The molecule has 4 rings (SSSR count). The van der Waals surface area contributed by atoms with Gasteiger partial charge in [0.05, 0.1) is 29.2 Å². The fraction of sp³-hybridized carbons (Fsp3) is 0.231. The van der Waals surface area contributed by atoms with E-state index in [1.165, 1.54) is 12.1 Å². The maximum absolute atomic E-state index is 13.6. The molecule has 3 aromatic rings. The van der Waals surface area contributed by atoms with Crippen LogP contribution in [-0.2, 0) is 19.6 Å². The van der Waals surface area contributed by atoms with Crippen LogP contribution in [0.15, 0.2) is 77.7 Å². The van der Waals surface area contributed by atoms with Crippen molar-refractivity contribution in [1.82, 2.24) is 0 Å². The Bertz CT molecular complexity index is 1320. The molecule has 1 amide bonds. The number of amides is 1. The predicted molar refractivity (Wildman–Crippen MR) is 131 cm³/mol. The van der Waals surface area contributed by atoms with E-state index in [4.69, 9.17) is 4.74 Å². The smallest absolute Gasteiger partial charge is 0.306 e. The molecule has 0 spiro atoms. The van der Waals surface area contributed by atoms with E-state index in [1.807, 2.05) is 31.2 Å². The van der Waals surface area contributed by atoms with Gasteiger partial charge in [0.1, 0.15) is 0 Å². The van der Waals surface area contributed by atoms with Crippen molar-refractivity contribution in [2.24, 2.45) is 0 Å². The molecule has 34 heavy (non-hydrogen) atoms. The minimum Gasteiger partial charge on any atom is -0.466 e. The molecule has 0 radical (unpaired) electrons. The second-order valence-electron chi connectivity index (χ2n) is 8.14. The van der Waals surface area contributed by atoms with Crippen molar-refractivity contribution >= 4 is 33.3 Å². The summed E-state index contributed by atoms with van der Waals surface area (Å²) in [4.78, 5) is 27.5. The van der Waals surface area contributed by atoms with E-state index in [9.17, 15) is 18.0 Å². The summed E-state index contributed by atoms with van der Waals surface area (Å²) in [6.07, 6.45) is 0.163. The second-order valence-corrected chi connectivity index (χ2v) is 9.83. The van der Waals surface area contributed by atoms with Gasteiger partial charge in [-0.3, -0.25) is 14.3 Å². The second kappa shape index (κ2) is 9.69. The van der Waals surface area contributed by atoms with E-state index in [0.717, 1.165) is 11.1 Å². The zero-order valence-electron chi connectivity index (χ0n) is 19.0. The van der Waals surface area contributed by atoms with Crippen molar-refractivity contribution in [2.45, 2.75) is 31.1 Å². The number of hydrogen-bond acceptors (Lipinski definition) is 5. The van der Waals surface area contributed by atoms with Crippen LogP contribution in [0, 0.1) is 6.92 Å². The lowest BCUT2D eigenvalue weighted by Crippen LogP contribution is -2.31.